The molecule has 3 rings (SSSR count). The van der Waals surface area contributed by atoms with Gasteiger partial charge in [0.25, 0.3) is 0 Å². The van der Waals surface area contributed by atoms with Gasteiger partial charge in [-0.15, -0.1) is 0 Å². The van der Waals surface area contributed by atoms with Gasteiger partial charge in [0, 0.05) is 36.0 Å². The van der Waals surface area contributed by atoms with E-state index in [9.17, 15) is 4.79 Å². The SMILES string of the molecule is O=c1[nH]c(CNC2CCOC3(CCSC3)C2)cs1. The predicted molar refractivity (Wildman–Crippen MR) is 75.4 cm³/mol. The van der Waals surface area contributed by atoms with Crippen LogP contribution in [-0.4, -0.2) is 34.7 Å². The molecule has 1 aromatic heterocycles. The highest BCUT2D eigenvalue weighted by Crippen LogP contribution is 2.38. The summed E-state index contributed by atoms with van der Waals surface area (Å²) >= 11 is 3.23. The summed E-state index contributed by atoms with van der Waals surface area (Å²) in [7, 11) is 0. The van der Waals surface area contributed by atoms with E-state index in [1.807, 2.05) is 17.1 Å². The van der Waals surface area contributed by atoms with Crippen LogP contribution in [0.25, 0.3) is 0 Å². The summed E-state index contributed by atoms with van der Waals surface area (Å²) in [6, 6.07) is 0.515. The first-order valence-corrected chi connectivity index (χ1v) is 8.41. The average molecular weight is 286 g/mol. The van der Waals surface area contributed by atoms with Crippen LogP contribution in [0, 0.1) is 0 Å². The average Bonchev–Trinajstić information content (AvgIpc) is 2.97. The fourth-order valence-electron chi connectivity index (χ4n) is 2.72. The number of aromatic nitrogens is 1. The molecule has 0 saturated carbocycles. The molecule has 2 fully saturated rings. The summed E-state index contributed by atoms with van der Waals surface area (Å²) in [6.45, 7) is 1.62. The maximum atomic E-state index is 11.1. The number of aromatic amines is 1. The van der Waals surface area contributed by atoms with Crippen LogP contribution < -0.4 is 10.2 Å². The minimum atomic E-state index is 0.0300. The molecule has 4 nitrogen and oxygen atoms in total. The molecule has 6 heteroatoms. The molecule has 0 aromatic carbocycles. The van der Waals surface area contributed by atoms with Crippen molar-refractivity contribution < 1.29 is 4.74 Å². The van der Waals surface area contributed by atoms with Gasteiger partial charge in [-0.2, -0.15) is 11.8 Å². The van der Waals surface area contributed by atoms with Gasteiger partial charge in [-0.25, -0.2) is 0 Å². The van der Waals surface area contributed by atoms with E-state index in [1.54, 1.807) is 0 Å². The van der Waals surface area contributed by atoms with Crippen molar-refractivity contribution in [1.82, 2.24) is 10.3 Å². The summed E-state index contributed by atoms with van der Waals surface area (Å²) in [5, 5.41) is 5.45. The van der Waals surface area contributed by atoms with Crippen molar-refractivity contribution in [2.45, 2.75) is 37.5 Å². The van der Waals surface area contributed by atoms with Crippen molar-refractivity contribution in [2.75, 3.05) is 18.1 Å². The van der Waals surface area contributed by atoms with Gasteiger partial charge in [-0.1, -0.05) is 11.3 Å². The van der Waals surface area contributed by atoms with E-state index in [-0.39, 0.29) is 10.5 Å². The lowest BCUT2D eigenvalue weighted by molar-refractivity contribution is -0.0703. The van der Waals surface area contributed by atoms with Crippen molar-refractivity contribution in [2.24, 2.45) is 0 Å². The van der Waals surface area contributed by atoms with E-state index in [0.717, 1.165) is 37.4 Å². The Bertz CT molecular complexity index is 451. The molecule has 18 heavy (non-hydrogen) atoms. The number of hydrogen-bond acceptors (Lipinski definition) is 5. The molecule has 0 aliphatic carbocycles. The quantitative estimate of drug-likeness (QED) is 0.886. The molecule has 0 bridgehead atoms. The molecule has 2 aliphatic rings. The summed E-state index contributed by atoms with van der Waals surface area (Å²) in [4.78, 5) is 13.9. The Morgan fingerprint density at radius 3 is 3.28 bits per heavy atom. The fourth-order valence-corrected chi connectivity index (χ4v) is 4.68. The van der Waals surface area contributed by atoms with Gasteiger partial charge in [0.05, 0.1) is 5.60 Å². The minimum Gasteiger partial charge on any atom is -0.374 e. The number of thioether (sulfide) groups is 1. The molecule has 1 aromatic rings. The molecule has 2 unspecified atom stereocenters. The Hall–Kier alpha value is -0.300. The lowest BCUT2D eigenvalue weighted by atomic mass is 9.90. The van der Waals surface area contributed by atoms with Gasteiger partial charge in [0.2, 0.25) is 0 Å². The Kier molecular flexibility index (Phi) is 3.79. The third kappa shape index (κ3) is 2.82. The Labute approximate surface area is 115 Å². The van der Waals surface area contributed by atoms with Crippen molar-refractivity contribution in [3.05, 3.63) is 20.7 Å². The second kappa shape index (κ2) is 5.36. The second-order valence-corrected chi connectivity index (χ2v) is 7.03. The molecule has 0 amide bonds. The normalized spacial score (nSPS) is 32.1. The van der Waals surface area contributed by atoms with Crippen LogP contribution >= 0.6 is 23.1 Å². The first-order valence-electron chi connectivity index (χ1n) is 6.38. The highest BCUT2D eigenvalue weighted by atomic mass is 32.2. The highest BCUT2D eigenvalue weighted by Gasteiger charge is 2.40. The second-order valence-electron chi connectivity index (χ2n) is 5.08. The van der Waals surface area contributed by atoms with Crippen LogP contribution in [0.4, 0.5) is 0 Å². The zero-order chi connectivity index (χ0) is 12.4. The zero-order valence-corrected chi connectivity index (χ0v) is 11.9. The molecular weight excluding hydrogens is 268 g/mol. The van der Waals surface area contributed by atoms with Gasteiger partial charge < -0.3 is 15.0 Å². The van der Waals surface area contributed by atoms with E-state index in [0.29, 0.717) is 6.04 Å². The lowest BCUT2D eigenvalue weighted by Crippen LogP contribution is -2.47. The van der Waals surface area contributed by atoms with E-state index in [4.69, 9.17) is 4.74 Å². The molecule has 100 valence electrons. The monoisotopic (exact) mass is 286 g/mol. The Morgan fingerprint density at radius 2 is 2.56 bits per heavy atom. The predicted octanol–water partition coefficient (Wildman–Crippen LogP) is 1.58. The smallest absolute Gasteiger partial charge is 0.304 e. The van der Waals surface area contributed by atoms with Crippen LogP contribution in [0.5, 0.6) is 0 Å². The van der Waals surface area contributed by atoms with E-state index >= 15 is 0 Å². The standard InChI is InChI=1S/C12H18N2O2S2/c15-11-14-10(7-18-11)6-13-9-1-3-16-12(5-9)2-4-17-8-12/h7,9,13H,1-6,8H2,(H,14,15). The summed E-state index contributed by atoms with van der Waals surface area (Å²) in [5.74, 6) is 2.37. The van der Waals surface area contributed by atoms with Crippen molar-refractivity contribution in [3.63, 3.8) is 0 Å². The summed E-state index contributed by atoms with van der Waals surface area (Å²) in [5.41, 5.74) is 1.12. The van der Waals surface area contributed by atoms with Crippen LogP contribution in [0.15, 0.2) is 10.2 Å². The molecule has 2 saturated heterocycles. The molecule has 2 N–H and O–H groups in total. The van der Waals surface area contributed by atoms with Gasteiger partial charge in [-0.3, -0.25) is 4.79 Å². The molecule has 0 radical (unpaired) electrons. The molecule has 3 heterocycles. The Morgan fingerprint density at radius 1 is 1.61 bits per heavy atom. The first-order chi connectivity index (χ1) is 8.76. The minimum absolute atomic E-state index is 0.0300. The number of nitrogens with one attached hydrogen (secondary N) is 2. The van der Waals surface area contributed by atoms with Crippen molar-refractivity contribution in [3.8, 4) is 0 Å². The number of rotatable bonds is 3. The third-order valence-corrected chi connectivity index (χ3v) is 5.65. The van der Waals surface area contributed by atoms with Gasteiger partial charge in [0.1, 0.15) is 0 Å². The van der Waals surface area contributed by atoms with Crippen molar-refractivity contribution >= 4 is 23.1 Å². The maximum Gasteiger partial charge on any atom is 0.304 e. The number of H-pyrrole nitrogens is 1. The van der Waals surface area contributed by atoms with Crippen LogP contribution in [0.3, 0.4) is 0 Å². The molecule has 2 atom stereocenters. The summed E-state index contributed by atoms with van der Waals surface area (Å²) in [6.07, 6.45) is 3.36. The third-order valence-electron chi connectivity index (χ3n) is 3.71. The summed E-state index contributed by atoms with van der Waals surface area (Å²) < 4.78 is 6.00. The topological polar surface area (TPSA) is 54.1 Å². The Balaban J connectivity index is 1.55. The molecular formula is C12H18N2O2S2. The van der Waals surface area contributed by atoms with Crippen LogP contribution in [0.2, 0.25) is 0 Å². The molecule has 1 spiro atoms. The molecule has 2 aliphatic heterocycles. The highest BCUT2D eigenvalue weighted by molar-refractivity contribution is 7.99. The van der Waals surface area contributed by atoms with E-state index < -0.39 is 0 Å². The van der Waals surface area contributed by atoms with E-state index in [2.05, 4.69) is 10.3 Å². The van der Waals surface area contributed by atoms with Crippen molar-refractivity contribution in [1.29, 1.82) is 0 Å². The van der Waals surface area contributed by atoms with E-state index in [1.165, 1.54) is 23.5 Å². The lowest BCUT2D eigenvalue weighted by Gasteiger charge is -2.38. The number of ether oxygens (including phenoxy) is 1. The van der Waals surface area contributed by atoms with Gasteiger partial charge in [0.15, 0.2) is 0 Å². The number of thiazole rings is 1. The van der Waals surface area contributed by atoms with Crippen LogP contribution in [0.1, 0.15) is 25.0 Å². The van der Waals surface area contributed by atoms with Gasteiger partial charge >= 0.3 is 4.87 Å². The maximum absolute atomic E-state index is 11.1. The van der Waals surface area contributed by atoms with Crippen LogP contribution in [-0.2, 0) is 11.3 Å². The fraction of sp³-hybridized carbons (Fsp3) is 0.750. The van der Waals surface area contributed by atoms with Gasteiger partial charge in [-0.05, 0) is 25.0 Å². The largest absolute Gasteiger partial charge is 0.374 e. The first kappa shape index (κ1) is 12.7. The zero-order valence-electron chi connectivity index (χ0n) is 10.2. The number of hydrogen-bond donors (Lipinski definition) is 2.